The number of carbonyl (C=O) groups is 1. The average Bonchev–Trinajstić information content (AvgIpc) is 3.68. The van der Waals surface area contributed by atoms with Crippen molar-refractivity contribution in [3.8, 4) is 11.5 Å². The molecule has 55 heavy (non-hydrogen) atoms. The first-order chi connectivity index (χ1) is 26.8. The van der Waals surface area contributed by atoms with E-state index in [-0.39, 0.29) is 0 Å². The number of aromatic nitrogens is 2. The summed E-state index contributed by atoms with van der Waals surface area (Å²) in [6.45, 7) is 5.54. The Kier molecular flexibility index (Phi) is 15.9. The Hall–Kier alpha value is -4.50. The number of primary amides is 1. The number of hydrogen-bond donors (Lipinski definition) is 7. The van der Waals surface area contributed by atoms with Crippen LogP contribution in [-0.4, -0.2) is 84.6 Å². The summed E-state index contributed by atoms with van der Waals surface area (Å²) >= 11 is 10.3. The first-order valence-electron chi connectivity index (χ1n) is 18.5. The number of anilines is 3. The van der Waals surface area contributed by atoms with Crippen LogP contribution in [0.1, 0.15) is 54.1 Å². The van der Waals surface area contributed by atoms with Crippen molar-refractivity contribution in [2.45, 2.75) is 43.0 Å². The van der Waals surface area contributed by atoms with Gasteiger partial charge in [-0.2, -0.15) is 0 Å². The fraction of sp³-hybridized carbons (Fsp3) is 0.366. The van der Waals surface area contributed by atoms with Crippen molar-refractivity contribution in [3.63, 3.8) is 0 Å². The number of nitrogens with two attached hydrogens (primary N) is 1. The number of benzene rings is 3. The van der Waals surface area contributed by atoms with E-state index in [4.69, 9.17) is 37.1 Å². The molecule has 12 nitrogen and oxygen atoms in total. The Morgan fingerprint density at radius 3 is 2.51 bits per heavy atom. The maximum absolute atomic E-state index is 12.1. The number of thiol groups is 1. The number of fused-ring (bicyclic) bond motifs is 1. The molecular weight excluding hydrogens is 738 g/mol. The summed E-state index contributed by atoms with van der Waals surface area (Å²) in [4.78, 5) is 25.5. The van der Waals surface area contributed by atoms with Crippen molar-refractivity contribution in [3.05, 3.63) is 101 Å². The molecule has 294 valence electrons. The molecule has 5 aromatic rings. The Morgan fingerprint density at radius 2 is 1.78 bits per heavy atom. The summed E-state index contributed by atoms with van der Waals surface area (Å²) in [5, 5.41) is 20.7. The molecule has 7 rings (SSSR count). The lowest BCUT2D eigenvalue weighted by atomic mass is 9.91. The van der Waals surface area contributed by atoms with Crippen LogP contribution in [0.25, 0.3) is 11.0 Å². The standard InChI is InChI=1S/C31H34ClN5O2.C9H14N2O2S.CH4O/c32-24-6-4-22(5-7-24)28-3-1-2-14-37(28)20-21-11-15-36(16-12-21)25-8-9-27(30(33)38)29(18-25)39-26-17-23-10-13-34-31(23)35-19-26;1-13-5-4-10-8-3-2-7(14)6-9(8)11-12;1-2/h4-10,13,17-19,21,28H,1-3,11-12,14-16,20H2,(H2,33,38)(H,34,35);2-3,6,10-12,14H,4-5H2,1H3;2H,1H3. The number of aromatic amines is 1. The SMILES string of the molecule is CO.COCCNc1ccc(S)cc1NO.NC(=O)c1ccc(N2CCC(CN3CCCCC3c3ccc(Cl)cc3)CC2)cc1Oc1cnc2[nH]ccc2c1. The first kappa shape index (κ1) is 41.7. The number of ether oxygens (including phenoxy) is 2. The Balaban J connectivity index is 0.000000306. The Bertz CT molecular complexity index is 1960. The second kappa shape index (κ2) is 21.0. The molecular formula is C41H52ClN7O5S. The summed E-state index contributed by atoms with van der Waals surface area (Å²) in [5.74, 6) is 1.17. The fourth-order valence-electron chi connectivity index (χ4n) is 7.14. The highest BCUT2D eigenvalue weighted by Crippen LogP contribution is 2.36. The number of aliphatic hydroxyl groups is 1. The normalized spacial score (nSPS) is 16.0. The average molecular weight is 790 g/mol. The van der Waals surface area contributed by atoms with Crippen molar-refractivity contribution in [1.29, 1.82) is 0 Å². The smallest absolute Gasteiger partial charge is 0.252 e. The molecule has 4 heterocycles. The number of pyridine rings is 1. The predicted molar refractivity (Wildman–Crippen MR) is 223 cm³/mol. The summed E-state index contributed by atoms with van der Waals surface area (Å²) < 4.78 is 11.0. The first-order valence-corrected chi connectivity index (χ1v) is 19.3. The molecule has 2 fully saturated rings. The molecule has 2 aliphatic heterocycles. The van der Waals surface area contributed by atoms with Crippen LogP contribution in [0.3, 0.4) is 0 Å². The highest BCUT2D eigenvalue weighted by Gasteiger charge is 2.28. The van der Waals surface area contributed by atoms with E-state index in [9.17, 15) is 4.79 Å². The number of nitrogens with zero attached hydrogens (tertiary/aromatic N) is 3. The molecule has 2 aromatic heterocycles. The zero-order chi connectivity index (χ0) is 39.2. The lowest BCUT2D eigenvalue weighted by molar-refractivity contribution is 0.0998. The molecule has 0 saturated carbocycles. The molecule has 2 aliphatic rings. The second-order valence-electron chi connectivity index (χ2n) is 13.5. The second-order valence-corrected chi connectivity index (χ2v) is 14.4. The van der Waals surface area contributed by atoms with Crippen molar-refractivity contribution in [1.82, 2.24) is 14.9 Å². The molecule has 1 atom stereocenters. The number of nitrogens with one attached hydrogen (secondary N) is 3. The summed E-state index contributed by atoms with van der Waals surface area (Å²) in [5.41, 5.74) is 12.8. The van der Waals surface area contributed by atoms with Gasteiger partial charge in [-0.3, -0.25) is 20.4 Å². The topological polar surface area (TPSA) is 161 Å². The number of methoxy groups -OCH3 is 1. The Morgan fingerprint density at radius 1 is 1.00 bits per heavy atom. The zero-order valence-corrected chi connectivity index (χ0v) is 33.0. The van der Waals surface area contributed by atoms with Crippen LogP contribution < -0.4 is 26.2 Å². The van der Waals surface area contributed by atoms with Gasteiger partial charge in [-0.25, -0.2) is 4.98 Å². The van der Waals surface area contributed by atoms with Gasteiger partial charge in [0.25, 0.3) is 5.91 Å². The van der Waals surface area contributed by atoms with Gasteiger partial charge in [-0.05, 0) is 98.3 Å². The maximum Gasteiger partial charge on any atom is 0.252 e. The number of piperidine rings is 2. The third-order valence-electron chi connectivity index (χ3n) is 9.92. The van der Waals surface area contributed by atoms with Gasteiger partial charge in [-0.1, -0.05) is 30.2 Å². The van der Waals surface area contributed by atoms with Crippen LogP contribution >= 0.6 is 24.2 Å². The van der Waals surface area contributed by atoms with Crippen LogP contribution in [0.15, 0.2) is 90.1 Å². The molecule has 0 spiro atoms. The third-order valence-corrected chi connectivity index (χ3v) is 10.4. The minimum absolute atomic E-state index is 0.362. The van der Waals surface area contributed by atoms with Gasteiger partial charge in [0, 0.05) is 79.7 Å². The number of aliphatic hydroxyl groups excluding tert-OH is 1. The molecule has 0 radical (unpaired) electrons. The van der Waals surface area contributed by atoms with Gasteiger partial charge in [0.15, 0.2) is 0 Å². The van der Waals surface area contributed by atoms with E-state index >= 15 is 0 Å². The molecule has 1 amide bonds. The van der Waals surface area contributed by atoms with Crippen molar-refractivity contribution in [2.24, 2.45) is 11.7 Å². The number of H-pyrrole nitrogens is 1. The maximum atomic E-state index is 12.1. The van der Waals surface area contributed by atoms with E-state index in [2.05, 4.69) is 55.3 Å². The van der Waals surface area contributed by atoms with Gasteiger partial charge in [0.1, 0.15) is 17.1 Å². The lowest BCUT2D eigenvalue weighted by Gasteiger charge is -2.41. The van der Waals surface area contributed by atoms with Gasteiger partial charge < -0.3 is 35.5 Å². The monoisotopic (exact) mass is 789 g/mol. The quantitative estimate of drug-likeness (QED) is 0.0375. The van der Waals surface area contributed by atoms with E-state index in [0.29, 0.717) is 47.9 Å². The van der Waals surface area contributed by atoms with Crippen LogP contribution in [0.2, 0.25) is 5.02 Å². The summed E-state index contributed by atoms with van der Waals surface area (Å²) in [6.07, 6.45) is 9.51. The van der Waals surface area contributed by atoms with Gasteiger partial charge in [-0.15, -0.1) is 12.6 Å². The number of carbonyl (C=O) groups excluding carboxylic acids is 1. The van der Waals surface area contributed by atoms with Crippen LogP contribution in [-0.2, 0) is 4.74 Å². The largest absolute Gasteiger partial charge is 0.455 e. The van der Waals surface area contributed by atoms with Crippen LogP contribution in [0.4, 0.5) is 17.1 Å². The lowest BCUT2D eigenvalue weighted by Crippen LogP contribution is -2.41. The number of rotatable bonds is 12. The summed E-state index contributed by atoms with van der Waals surface area (Å²) in [6, 6.07) is 23.8. The minimum Gasteiger partial charge on any atom is -0.455 e. The van der Waals surface area contributed by atoms with Crippen molar-refractivity contribution >= 4 is 58.2 Å². The molecule has 2 saturated heterocycles. The van der Waals surface area contributed by atoms with Gasteiger partial charge in [0.2, 0.25) is 0 Å². The van der Waals surface area contributed by atoms with Crippen LogP contribution in [0, 0.1) is 5.92 Å². The van der Waals surface area contributed by atoms with E-state index in [1.165, 1.54) is 24.8 Å². The molecule has 3 aromatic carbocycles. The van der Waals surface area contributed by atoms with Crippen molar-refractivity contribution < 1.29 is 24.6 Å². The number of hydrogen-bond acceptors (Lipinski definition) is 11. The number of likely N-dealkylation sites (tertiary alicyclic amines) is 1. The van der Waals surface area contributed by atoms with Gasteiger partial charge in [0.05, 0.1) is 29.7 Å². The van der Waals surface area contributed by atoms with Gasteiger partial charge >= 0.3 is 0 Å². The summed E-state index contributed by atoms with van der Waals surface area (Å²) in [7, 11) is 2.64. The zero-order valence-electron chi connectivity index (χ0n) is 31.4. The molecule has 7 N–H and O–H groups in total. The van der Waals surface area contributed by atoms with E-state index in [1.807, 2.05) is 54.7 Å². The Labute approximate surface area is 333 Å². The fourth-order valence-corrected chi connectivity index (χ4v) is 7.47. The molecule has 0 bridgehead atoms. The number of halogens is 1. The van der Waals surface area contributed by atoms with E-state index in [0.717, 1.165) is 78.5 Å². The predicted octanol–water partition coefficient (Wildman–Crippen LogP) is 7.99. The molecule has 1 unspecified atom stereocenters. The van der Waals surface area contributed by atoms with Crippen LogP contribution in [0.5, 0.6) is 11.5 Å². The third kappa shape index (κ3) is 11.5. The minimum atomic E-state index is -0.511. The molecule has 0 aliphatic carbocycles. The highest BCUT2D eigenvalue weighted by molar-refractivity contribution is 7.80. The molecule has 14 heteroatoms. The van der Waals surface area contributed by atoms with Crippen molar-refractivity contribution in [2.75, 3.05) is 69.2 Å². The van der Waals surface area contributed by atoms with E-state index < -0.39 is 5.91 Å². The van der Waals surface area contributed by atoms with E-state index in [1.54, 1.807) is 25.4 Å². The highest BCUT2D eigenvalue weighted by atomic mass is 35.5. The number of amides is 1.